The molecule has 0 heterocycles. The second-order valence-electron chi connectivity index (χ2n) is 6.44. The summed E-state index contributed by atoms with van der Waals surface area (Å²) in [7, 11) is -3.15. The number of guanidine groups is 1. The fourth-order valence-corrected chi connectivity index (χ4v) is 3.94. The van der Waals surface area contributed by atoms with E-state index in [1.165, 1.54) is 25.5 Å². The largest absolute Gasteiger partial charge is 0.370 e. The molecule has 0 amide bonds. The van der Waals surface area contributed by atoms with Crippen LogP contribution in [-0.4, -0.2) is 39.8 Å². The van der Waals surface area contributed by atoms with Gasteiger partial charge in [-0.2, -0.15) is 0 Å². The summed E-state index contributed by atoms with van der Waals surface area (Å²) >= 11 is 0. The van der Waals surface area contributed by atoms with E-state index in [0.29, 0.717) is 18.4 Å². The first kappa shape index (κ1) is 20.0. The van der Waals surface area contributed by atoms with Crippen molar-refractivity contribution in [3.05, 3.63) is 0 Å². The van der Waals surface area contributed by atoms with Gasteiger partial charge in [0.05, 0.1) is 6.26 Å². The highest BCUT2D eigenvalue weighted by atomic mass is 127. The normalized spacial score (nSPS) is 26.9. The molecule has 2 fully saturated rings. The predicted molar refractivity (Wildman–Crippen MR) is 101 cm³/mol. The van der Waals surface area contributed by atoms with E-state index in [1.807, 2.05) is 0 Å². The maximum atomic E-state index is 11.4. The maximum absolute atomic E-state index is 11.4. The molecule has 0 radical (unpaired) electrons. The molecule has 2 rings (SSSR count). The van der Waals surface area contributed by atoms with Gasteiger partial charge in [-0.05, 0) is 37.5 Å². The van der Waals surface area contributed by atoms with E-state index in [9.17, 15) is 8.42 Å². The molecule has 0 aliphatic heterocycles. The Morgan fingerprint density at radius 2 is 1.86 bits per heavy atom. The first-order valence-electron chi connectivity index (χ1n) is 7.95. The maximum Gasteiger partial charge on any atom is 0.208 e. The molecule has 0 saturated heterocycles. The molecule has 0 spiro atoms. The van der Waals surface area contributed by atoms with Crippen LogP contribution in [0.2, 0.25) is 0 Å². The molecular weight excluding hydrogens is 415 g/mol. The van der Waals surface area contributed by atoms with Crippen molar-refractivity contribution in [1.82, 2.24) is 10.0 Å². The molecule has 2 atom stereocenters. The monoisotopic (exact) mass is 444 g/mol. The van der Waals surface area contributed by atoms with Gasteiger partial charge >= 0.3 is 0 Å². The van der Waals surface area contributed by atoms with Gasteiger partial charge in [0.15, 0.2) is 5.96 Å². The first-order chi connectivity index (χ1) is 9.94. The topological polar surface area (TPSA) is 96.6 Å². The summed E-state index contributed by atoms with van der Waals surface area (Å²) in [6.45, 7) is 1.50. The van der Waals surface area contributed by atoms with Crippen LogP contribution >= 0.6 is 24.0 Å². The molecule has 130 valence electrons. The molecule has 0 aromatic rings. The molecule has 2 unspecified atom stereocenters. The molecular formula is C14H29IN4O2S. The molecule has 8 heteroatoms. The number of halogens is 1. The Kier molecular flexibility index (Phi) is 8.40. The number of nitrogens with zero attached hydrogens (tertiary/aromatic N) is 1. The van der Waals surface area contributed by atoms with Crippen molar-refractivity contribution in [3.8, 4) is 0 Å². The van der Waals surface area contributed by atoms with Crippen LogP contribution in [0.15, 0.2) is 4.99 Å². The fourth-order valence-electron chi connectivity index (χ4n) is 3.08. The predicted octanol–water partition coefficient (Wildman–Crippen LogP) is 1.42. The molecule has 2 aliphatic rings. The lowest BCUT2D eigenvalue weighted by atomic mass is 9.85. The lowest BCUT2D eigenvalue weighted by molar-refractivity contribution is 0.289. The minimum atomic E-state index is -3.15. The van der Waals surface area contributed by atoms with Crippen molar-refractivity contribution >= 4 is 40.0 Å². The quantitative estimate of drug-likeness (QED) is 0.328. The summed E-state index contributed by atoms with van der Waals surface area (Å²) in [5, 5.41) is 3.16. The molecule has 22 heavy (non-hydrogen) atoms. The molecule has 0 bridgehead atoms. The zero-order valence-corrected chi connectivity index (χ0v) is 16.4. The Bertz CT molecular complexity index is 465. The lowest BCUT2D eigenvalue weighted by Crippen LogP contribution is -2.47. The standard InChI is InChI=1S/C14H28N4O2S.HI/c1-21(19,20)18-13-8-3-2-7-12(13)10-17-14(15)16-9-11-5-4-6-11;/h11-13,18H,2-10H2,1H3,(H3,15,16,17);1H. The van der Waals surface area contributed by atoms with E-state index in [4.69, 9.17) is 5.73 Å². The second kappa shape index (κ2) is 9.27. The van der Waals surface area contributed by atoms with Crippen LogP contribution in [-0.2, 0) is 10.0 Å². The van der Waals surface area contributed by atoms with Gasteiger partial charge in [0.2, 0.25) is 10.0 Å². The molecule has 4 N–H and O–H groups in total. The van der Waals surface area contributed by atoms with Crippen LogP contribution in [0.3, 0.4) is 0 Å². The van der Waals surface area contributed by atoms with Crippen LogP contribution in [0.1, 0.15) is 44.9 Å². The van der Waals surface area contributed by atoms with Gasteiger partial charge in [0, 0.05) is 19.1 Å². The van der Waals surface area contributed by atoms with Crippen LogP contribution < -0.4 is 15.8 Å². The molecule has 2 aliphatic carbocycles. The Morgan fingerprint density at radius 3 is 2.45 bits per heavy atom. The number of sulfonamides is 1. The van der Waals surface area contributed by atoms with Crippen LogP contribution in [0.4, 0.5) is 0 Å². The number of nitrogens with one attached hydrogen (secondary N) is 2. The van der Waals surface area contributed by atoms with Gasteiger partial charge in [0.1, 0.15) is 0 Å². The summed E-state index contributed by atoms with van der Waals surface area (Å²) in [4.78, 5) is 4.37. The van der Waals surface area contributed by atoms with E-state index in [1.54, 1.807) is 0 Å². The van der Waals surface area contributed by atoms with Gasteiger partial charge in [-0.25, -0.2) is 13.1 Å². The third kappa shape index (κ3) is 6.99. The van der Waals surface area contributed by atoms with Crippen molar-refractivity contribution in [2.75, 3.05) is 19.3 Å². The first-order valence-corrected chi connectivity index (χ1v) is 9.84. The van der Waals surface area contributed by atoms with Crippen molar-refractivity contribution in [2.45, 2.75) is 51.0 Å². The minimum absolute atomic E-state index is 0. The van der Waals surface area contributed by atoms with Crippen molar-refractivity contribution in [2.24, 2.45) is 22.6 Å². The van der Waals surface area contributed by atoms with Crippen molar-refractivity contribution in [3.63, 3.8) is 0 Å². The van der Waals surface area contributed by atoms with Gasteiger partial charge in [-0.15, -0.1) is 24.0 Å². The van der Waals surface area contributed by atoms with Gasteiger partial charge < -0.3 is 11.1 Å². The van der Waals surface area contributed by atoms with Crippen LogP contribution in [0.5, 0.6) is 0 Å². The molecule has 2 saturated carbocycles. The zero-order valence-electron chi connectivity index (χ0n) is 13.3. The molecule has 0 aromatic carbocycles. The SMILES string of the molecule is CS(=O)(=O)NC1CCCCC1CNC(N)=NCC1CCC1.I. The van der Waals surface area contributed by atoms with Crippen LogP contribution in [0, 0.1) is 11.8 Å². The fraction of sp³-hybridized carbons (Fsp3) is 0.929. The van der Waals surface area contributed by atoms with E-state index in [0.717, 1.165) is 32.2 Å². The van der Waals surface area contributed by atoms with Gasteiger partial charge in [0.25, 0.3) is 0 Å². The summed E-state index contributed by atoms with van der Waals surface area (Å²) in [5.74, 6) is 1.48. The Hall–Kier alpha value is -0.0900. The second-order valence-corrected chi connectivity index (χ2v) is 8.22. The average molecular weight is 444 g/mol. The summed E-state index contributed by atoms with van der Waals surface area (Å²) < 4.78 is 25.6. The van der Waals surface area contributed by atoms with Crippen molar-refractivity contribution < 1.29 is 8.42 Å². The van der Waals surface area contributed by atoms with Gasteiger partial charge in [-0.3, -0.25) is 4.99 Å². The lowest BCUT2D eigenvalue weighted by Gasteiger charge is -2.31. The van der Waals surface area contributed by atoms with E-state index in [-0.39, 0.29) is 35.9 Å². The highest BCUT2D eigenvalue weighted by molar-refractivity contribution is 14.0. The van der Waals surface area contributed by atoms with Crippen molar-refractivity contribution in [1.29, 1.82) is 0 Å². The summed E-state index contributed by atoms with van der Waals surface area (Å²) in [6, 6.07) is 0.0145. The smallest absolute Gasteiger partial charge is 0.208 e. The number of nitrogens with two attached hydrogens (primary N) is 1. The van der Waals surface area contributed by atoms with E-state index in [2.05, 4.69) is 15.0 Å². The number of hydrogen-bond donors (Lipinski definition) is 3. The molecule has 0 aromatic heterocycles. The van der Waals surface area contributed by atoms with E-state index < -0.39 is 10.0 Å². The molecule has 6 nitrogen and oxygen atoms in total. The third-order valence-electron chi connectivity index (χ3n) is 4.56. The number of hydrogen-bond acceptors (Lipinski definition) is 3. The Labute approximate surface area is 151 Å². The van der Waals surface area contributed by atoms with E-state index >= 15 is 0 Å². The number of rotatable bonds is 6. The average Bonchev–Trinajstić information content (AvgIpc) is 2.34. The number of aliphatic imine (C=N–C) groups is 1. The Balaban J connectivity index is 0.00000242. The highest BCUT2D eigenvalue weighted by Crippen LogP contribution is 2.26. The highest BCUT2D eigenvalue weighted by Gasteiger charge is 2.27. The minimum Gasteiger partial charge on any atom is -0.370 e. The summed E-state index contributed by atoms with van der Waals surface area (Å²) in [5.41, 5.74) is 5.89. The van der Waals surface area contributed by atoms with Crippen LogP contribution in [0.25, 0.3) is 0 Å². The summed E-state index contributed by atoms with van der Waals surface area (Å²) in [6.07, 6.45) is 9.21. The van der Waals surface area contributed by atoms with Gasteiger partial charge in [-0.1, -0.05) is 19.3 Å². The zero-order chi connectivity index (χ0) is 15.3. The Morgan fingerprint density at radius 1 is 1.18 bits per heavy atom. The third-order valence-corrected chi connectivity index (χ3v) is 5.30.